The molecule has 0 fully saturated rings. The minimum absolute atomic E-state index is 0.228. The molecule has 0 spiro atoms. The Bertz CT molecular complexity index is 1090. The van der Waals surface area contributed by atoms with E-state index in [9.17, 15) is 0 Å². The molecule has 3 aromatic rings. The van der Waals surface area contributed by atoms with Gasteiger partial charge < -0.3 is 15.8 Å². The molecule has 0 radical (unpaired) electrons. The normalized spacial score (nSPS) is 12.9. The number of halogens is 1. The molecule has 5 nitrogen and oxygen atoms in total. The Morgan fingerprint density at radius 3 is 2.38 bits per heavy atom. The fraction of sp³-hybridized carbons (Fsp3) is 0.0435. The second-order valence-corrected chi connectivity index (χ2v) is 6.85. The lowest BCUT2D eigenvalue weighted by atomic mass is 10.1. The van der Waals surface area contributed by atoms with E-state index in [1.807, 2.05) is 66.8 Å². The Morgan fingerprint density at radius 1 is 0.897 bits per heavy atom. The fourth-order valence-corrected chi connectivity index (χ4v) is 2.98. The van der Waals surface area contributed by atoms with Gasteiger partial charge in [0.1, 0.15) is 17.3 Å². The topological polar surface area (TPSA) is 73.1 Å². The smallest absolute Gasteiger partial charge is 0.222 e. The highest BCUT2D eigenvalue weighted by atomic mass is 35.5. The third-order valence-electron chi connectivity index (χ3n) is 4.24. The molecule has 0 atom stereocenters. The molecule has 0 unspecified atom stereocenters. The molecule has 6 heteroatoms. The number of benzene rings is 2. The van der Waals surface area contributed by atoms with E-state index in [-0.39, 0.29) is 5.95 Å². The predicted molar refractivity (Wildman–Crippen MR) is 119 cm³/mol. The molecular formula is C23H19ClN4O. The van der Waals surface area contributed by atoms with Gasteiger partial charge in [0.15, 0.2) is 0 Å². The molecule has 1 heterocycles. The van der Waals surface area contributed by atoms with Crippen molar-refractivity contribution in [3.05, 3.63) is 95.7 Å². The van der Waals surface area contributed by atoms with E-state index < -0.39 is 0 Å². The Hall–Kier alpha value is -3.57. The second kappa shape index (κ2) is 8.63. The lowest BCUT2D eigenvalue weighted by molar-refractivity contribution is 0.483. The number of nitrogen functional groups attached to an aromatic ring is 1. The molecule has 0 saturated heterocycles. The molecule has 2 aromatic carbocycles. The van der Waals surface area contributed by atoms with Gasteiger partial charge in [-0.1, -0.05) is 42.0 Å². The van der Waals surface area contributed by atoms with Crippen LogP contribution in [0.3, 0.4) is 0 Å². The minimum atomic E-state index is 0.228. The Labute approximate surface area is 174 Å². The van der Waals surface area contributed by atoms with Crippen LogP contribution >= 0.6 is 11.6 Å². The van der Waals surface area contributed by atoms with Gasteiger partial charge in [0.05, 0.1) is 5.69 Å². The van der Waals surface area contributed by atoms with Gasteiger partial charge in [-0.3, -0.25) is 0 Å². The maximum Gasteiger partial charge on any atom is 0.222 e. The van der Waals surface area contributed by atoms with Gasteiger partial charge in [0.2, 0.25) is 5.95 Å². The van der Waals surface area contributed by atoms with Crippen LogP contribution in [0.2, 0.25) is 5.02 Å². The average Bonchev–Trinajstić information content (AvgIpc) is 3.00. The lowest BCUT2D eigenvalue weighted by Gasteiger charge is -2.11. The van der Waals surface area contributed by atoms with Crippen molar-refractivity contribution in [2.75, 3.05) is 11.1 Å². The van der Waals surface area contributed by atoms with Gasteiger partial charge in [0.25, 0.3) is 0 Å². The number of rotatable bonds is 5. The highest BCUT2D eigenvalue weighted by molar-refractivity contribution is 6.30. The van der Waals surface area contributed by atoms with E-state index >= 15 is 0 Å². The summed E-state index contributed by atoms with van der Waals surface area (Å²) in [7, 11) is 0. The Balaban J connectivity index is 1.49. The quantitative estimate of drug-likeness (QED) is 0.535. The molecule has 1 aliphatic rings. The third kappa shape index (κ3) is 5.03. The van der Waals surface area contributed by atoms with Crippen molar-refractivity contribution < 1.29 is 4.74 Å². The van der Waals surface area contributed by atoms with Crippen LogP contribution in [-0.4, -0.2) is 9.97 Å². The summed E-state index contributed by atoms with van der Waals surface area (Å²) in [5.74, 6) is 2.31. The first kappa shape index (κ1) is 18.8. The largest absolute Gasteiger partial charge is 0.457 e. The van der Waals surface area contributed by atoms with Crippen molar-refractivity contribution in [2.45, 2.75) is 6.42 Å². The molecule has 0 amide bonds. The molecule has 4 rings (SSSR count). The number of ether oxygens (including phenoxy) is 1. The number of aromatic nitrogens is 2. The van der Waals surface area contributed by atoms with E-state index in [1.54, 1.807) is 12.1 Å². The molecule has 0 saturated carbocycles. The minimum Gasteiger partial charge on any atom is -0.457 e. The summed E-state index contributed by atoms with van der Waals surface area (Å²) >= 11 is 5.90. The summed E-state index contributed by atoms with van der Waals surface area (Å²) in [4.78, 5) is 8.66. The molecule has 144 valence electrons. The number of nitrogens with zero attached hydrogens (tertiary/aromatic N) is 2. The summed E-state index contributed by atoms with van der Waals surface area (Å²) in [5, 5.41) is 3.94. The first-order valence-corrected chi connectivity index (χ1v) is 9.51. The zero-order valence-electron chi connectivity index (χ0n) is 15.5. The van der Waals surface area contributed by atoms with E-state index in [1.165, 1.54) is 0 Å². The molecule has 29 heavy (non-hydrogen) atoms. The maximum atomic E-state index is 5.92. The number of hydrogen-bond acceptors (Lipinski definition) is 5. The summed E-state index contributed by atoms with van der Waals surface area (Å²) < 4.78 is 5.82. The van der Waals surface area contributed by atoms with Crippen molar-refractivity contribution in [3.8, 4) is 11.5 Å². The van der Waals surface area contributed by atoms with Crippen LogP contribution in [0.4, 0.5) is 17.5 Å². The van der Waals surface area contributed by atoms with Gasteiger partial charge in [-0.2, -0.15) is 4.98 Å². The van der Waals surface area contributed by atoms with Crippen LogP contribution < -0.4 is 15.8 Å². The van der Waals surface area contributed by atoms with E-state index in [2.05, 4.69) is 21.4 Å². The van der Waals surface area contributed by atoms with Crippen molar-refractivity contribution in [1.29, 1.82) is 0 Å². The zero-order valence-corrected chi connectivity index (χ0v) is 16.3. The highest BCUT2D eigenvalue weighted by Gasteiger charge is 2.08. The number of nitrogens with one attached hydrogen (secondary N) is 1. The first-order chi connectivity index (χ1) is 14.2. The number of allylic oxidation sites excluding steroid dienone is 6. The number of anilines is 3. The van der Waals surface area contributed by atoms with Crippen molar-refractivity contribution in [2.24, 2.45) is 0 Å². The second-order valence-electron chi connectivity index (χ2n) is 6.41. The maximum absolute atomic E-state index is 5.92. The van der Waals surface area contributed by atoms with Crippen LogP contribution in [0.5, 0.6) is 11.5 Å². The van der Waals surface area contributed by atoms with Gasteiger partial charge in [0, 0.05) is 16.8 Å². The van der Waals surface area contributed by atoms with Crippen LogP contribution in [-0.2, 0) is 0 Å². The number of nitrogens with two attached hydrogens (primary N) is 1. The Morgan fingerprint density at radius 2 is 1.62 bits per heavy atom. The monoisotopic (exact) mass is 402 g/mol. The van der Waals surface area contributed by atoms with Crippen LogP contribution in [0.25, 0.3) is 5.57 Å². The summed E-state index contributed by atoms with van der Waals surface area (Å²) in [6.07, 6.45) is 10.9. The van der Waals surface area contributed by atoms with E-state index in [0.717, 1.165) is 34.9 Å². The Kier molecular flexibility index (Phi) is 5.59. The lowest BCUT2D eigenvalue weighted by Crippen LogP contribution is -2.03. The summed E-state index contributed by atoms with van der Waals surface area (Å²) in [6, 6.07) is 16.7. The van der Waals surface area contributed by atoms with Gasteiger partial charge in [-0.05, 0) is 60.5 Å². The molecule has 0 bridgehead atoms. The zero-order chi connectivity index (χ0) is 20.1. The fourth-order valence-electron chi connectivity index (χ4n) is 2.85. The first-order valence-electron chi connectivity index (χ1n) is 9.13. The van der Waals surface area contributed by atoms with Crippen molar-refractivity contribution in [3.63, 3.8) is 0 Å². The number of hydrogen-bond donors (Lipinski definition) is 2. The standard InChI is InChI=1S/C23H19ClN4O/c24-17-7-11-19(12-8-17)29-20-13-9-18(10-14-20)26-22-15-21(27-23(25)28-22)16-5-3-1-2-4-6-16/h1-5,7-15H,6H2,(H3,25,26,27,28). The predicted octanol–water partition coefficient (Wildman–Crippen LogP) is 6.15. The highest BCUT2D eigenvalue weighted by Crippen LogP contribution is 2.27. The molecule has 0 aliphatic heterocycles. The third-order valence-corrected chi connectivity index (χ3v) is 4.49. The van der Waals surface area contributed by atoms with Gasteiger partial charge >= 0.3 is 0 Å². The molecular weight excluding hydrogens is 384 g/mol. The SMILES string of the molecule is Nc1nc(Nc2ccc(Oc3ccc(Cl)cc3)cc2)cc(C2=CC=CC=CC2)n1. The van der Waals surface area contributed by atoms with Crippen LogP contribution in [0.1, 0.15) is 12.1 Å². The molecule has 1 aromatic heterocycles. The van der Waals surface area contributed by atoms with Crippen LogP contribution in [0, 0.1) is 0 Å². The van der Waals surface area contributed by atoms with Crippen molar-refractivity contribution in [1.82, 2.24) is 9.97 Å². The van der Waals surface area contributed by atoms with E-state index in [4.69, 9.17) is 22.1 Å². The average molecular weight is 403 g/mol. The summed E-state index contributed by atoms with van der Waals surface area (Å²) in [5.41, 5.74) is 8.68. The van der Waals surface area contributed by atoms with E-state index in [0.29, 0.717) is 10.8 Å². The molecule has 1 aliphatic carbocycles. The van der Waals surface area contributed by atoms with Gasteiger partial charge in [-0.15, -0.1) is 0 Å². The molecule has 3 N–H and O–H groups in total. The van der Waals surface area contributed by atoms with Crippen molar-refractivity contribution >= 4 is 34.6 Å². The summed E-state index contributed by atoms with van der Waals surface area (Å²) in [6.45, 7) is 0. The van der Waals surface area contributed by atoms with Gasteiger partial charge in [-0.25, -0.2) is 4.98 Å². The van der Waals surface area contributed by atoms with Crippen LogP contribution in [0.15, 0.2) is 85.0 Å².